The fourth-order valence-corrected chi connectivity index (χ4v) is 4.90. The molecule has 36 heavy (non-hydrogen) atoms. The maximum Gasteiger partial charge on any atom is 0.534 e. The molecule has 1 N–H and O–H groups in total. The van der Waals surface area contributed by atoms with E-state index in [2.05, 4.69) is 24.5 Å². The van der Waals surface area contributed by atoms with Crippen molar-refractivity contribution in [3.05, 3.63) is 52.0 Å². The van der Waals surface area contributed by atoms with Gasteiger partial charge in [-0.15, -0.1) is 0 Å². The Labute approximate surface area is 209 Å². The van der Waals surface area contributed by atoms with Crippen LogP contribution in [0.3, 0.4) is 0 Å². The highest BCUT2D eigenvalue weighted by Crippen LogP contribution is 2.39. The molecular weight excluding hydrogens is 517 g/mol. The summed E-state index contributed by atoms with van der Waals surface area (Å²) >= 11 is 1.01. The molecule has 4 rings (SSSR count). The van der Waals surface area contributed by atoms with Crippen molar-refractivity contribution in [2.24, 2.45) is 0 Å². The van der Waals surface area contributed by atoms with Crippen LogP contribution in [-0.2, 0) is 16.5 Å². The van der Waals surface area contributed by atoms with E-state index in [1.54, 1.807) is 6.92 Å². The normalized spacial score (nSPS) is 16.1. The largest absolute Gasteiger partial charge is 0.534 e. The molecule has 190 valence electrons. The van der Waals surface area contributed by atoms with Gasteiger partial charge >= 0.3 is 15.6 Å². The Kier molecular flexibility index (Phi) is 7.05. The lowest BCUT2D eigenvalue weighted by Crippen LogP contribution is -2.30. The summed E-state index contributed by atoms with van der Waals surface area (Å²) in [5.41, 5.74) is -3.57. The summed E-state index contributed by atoms with van der Waals surface area (Å²) in [6, 6.07) is 9.62. The van der Waals surface area contributed by atoms with Gasteiger partial charge in [0.1, 0.15) is 16.8 Å². The molecule has 9 nitrogen and oxygen atoms in total. The number of anilines is 3. The maximum atomic E-state index is 13.1. The highest BCUT2D eigenvalue weighted by Gasteiger charge is 2.49. The molecule has 1 atom stereocenters. The minimum Gasteiger partial charge on any atom is -0.355 e. The van der Waals surface area contributed by atoms with Crippen molar-refractivity contribution in [1.82, 2.24) is 15.0 Å². The molecular formula is C22H21F3N6O3S2. The second-order valence-electron chi connectivity index (χ2n) is 8.02. The molecule has 0 spiro atoms. The third kappa shape index (κ3) is 5.21. The summed E-state index contributed by atoms with van der Waals surface area (Å²) in [4.78, 5) is 14.9. The monoisotopic (exact) mass is 538 g/mol. The Morgan fingerprint density at radius 2 is 2.00 bits per heavy atom. The Hall–Kier alpha value is -3.44. The molecule has 1 aromatic carbocycles. The first-order chi connectivity index (χ1) is 17.0. The molecule has 1 saturated heterocycles. The van der Waals surface area contributed by atoms with Gasteiger partial charge in [-0.2, -0.15) is 36.8 Å². The standard InChI is InChI=1S/C22H21F3N6O3S2/c1-3-16-18(29-21-27-12-15(11-26)35-21)28-20(30-19(16)34-36(32,33)22(23,24)25)31-10-4-5-17(31)14-8-6-13(2)7-9-14/h6-9,12,17H,3-5,10H2,1-2H3,(H,27,28,29,30)/t17-/m0/s1. The summed E-state index contributed by atoms with van der Waals surface area (Å²) in [5, 5.41) is 12.2. The van der Waals surface area contributed by atoms with Gasteiger partial charge in [0.2, 0.25) is 11.8 Å². The minimum atomic E-state index is -5.98. The lowest BCUT2D eigenvalue weighted by molar-refractivity contribution is -0.0501. The van der Waals surface area contributed by atoms with Crippen molar-refractivity contribution < 1.29 is 25.8 Å². The second kappa shape index (κ2) is 9.90. The van der Waals surface area contributed by atoms with Crippen LogP contribution in [0, 0.1) is 18.3 Å². The Bertz CT molecular complexity index is 1400. The van der Waals surface area contributed by atoms with Crippen LogP contribution in [0.5, 0.6) is 5.88 Å². The van der Waals surface area contributed by atoms with E-state index < -0.39 is 21.5 Å². The third-order valence-corrected chi connectivity index (χ3v) is 7.36. The Balaban J connectivity index is 1.81. The van der Waals surface area contributed by atoms with E-state index in [0.717, 1.165) is 35.3 Å². The number of nitrogens with one attached hydrogen (secondary N) is 1. The van der Waals surface area contributed by atoms with Crippen LogP contribution in [-0.4, -0.2) is 35.4 Å². The van der Waals surface area contributed by atoms with Gasteiger partial charge in [-0.3, -0.25) is 0 Å². The maximum absolute atomic E-state index is 13.1. The van der Waals surface area contributed by atoms with Crippen LogP contribution in [0.1, 0.15) is 47.4 Å². The zero-order valence-electron chi connectivity index (χ0n) is 19.2. The zero-order valence-corrected chi connectivity index (χ0v) is 20.8. The van der Waals surface area contributed by atoms with Crippen molar-refractivity contribution in [1.29, 1.82) is 5.26 Å². The van der Waals surface area contributed by atoms with Gasteiger partial charge in [0.25, 0.3) is 0 Å². The Morgan fingerprint density at radius 3 is 2.61 bits per heavy atom. The first-order valence-corrected chi connectivity index (χ1v) is 13.1. The molecule has 0 amide bonds. The summed E-state index contributed by atoms with van der Waals surface area (Å²) in [5.74, 6) is -0.653. The van der Waals surface area contributed by atoms with Gasteiger partial charge in [-0.1, -0.05) is 48.1 Å². The van der Waals surface area contributed by atoms with Gasteiger partial charge in [0.05, 0.1) is 17.8 Å². The van der Waals surface area contributed by atoms with E-state index in [9.17, 15) is 21.6 Å². The molecule has 1 aliphatic rings. The van der Waals surface area contributed by atoms with E-state index >= 15 is 0 Å². The van der Waals surface area contributed by atoms with Gasteiger partial charge in [0.15, 0.2) is 5.13 Å². The first-order valence-electron chi connectivity index (χ1n) is 10.9. The average Bonchev–Trinajstić information content (AvgIpc) is 3.48. The number of aromatic nitrogens is 3. The molecule has 0 saturated carbocycles. The number of benzene rings is 1. The number of nitriles is 1. The van der Waals surface area contributed by atoms with Crippen molar-refractivity contribution in [2.75, 3.05) is 16.8 Å². The van der Waals surface area contributed by atoms with Crippen molar-refractivity contribution in [3.8, 4) is 11.9 Å². The molecule has 0 aliphatic carbocycles. The van der Waals surface area contributed by atoms with Gasteiger partial charge < -0.3 is 14.4 Å². The first kappa shape index (κ1) is 25.6. The number of aryl methyl sites for hydroxylation is 1. The molecule has 0 unspecified atom stereocenters. The van der Waals surface area contributed by atoms with Gasteiger partial charge in [-0.05, 0) is 31.7 Å². The van der Waals surface area contributed by atoms with Crippen LogP contribution < -0.4 is 14.4 Å². The number of rotatable bonds is 7. The second-order valence-corrected chi connectivity index (χ2v) is 10.6. The summed E-state index contributed by atoms with van der Waals surface area (Å²) < 4.78 is 67.7. The van der Waals surface area contributed by atoms with Crippen molar-refractivity contribution >= 4 is 38.4 Å². The highest BCUT2D eigenvalue weighted by molar-refractivity contribution is 7.88. The quantitative estimate of drug-likeness (QED) is 0.328. The van der Waals surface area contributed by atoms with E-state index in [1.807, 2.05) is 42.2 Å². The number of hydrogen-bond acceptors (Lipinski definition) is 10. The van der Waals surface area contributed by atoms with E-state index in [0.29, 0.717) is 11.4 Å². The van der Waals surface area contributed by atoms with Crippen LogP contribution in [0.15, 0.2) is 30.5 Å². The number of nitrogens with zero attached hydrogens (tertiary/aromatic N) is 5. The number of hydrogen-bond donors (Lipinski definition) is 1. The van der Waals surface area contributed by atoms with Crippen LogP contribution in [0.4, 0.5) is 30.1 Å². The molecule has 3 aromatic rings. The van der Waals surface area contributed by atoms with E-state index in [4.69, 9.17) is 5.26 Å². The lowest BCUT2D eigenvalue weighted by Gasteiger charge is -2.26. The zero-order chi connectivity index (χ0) is 26.1. The van der Waals surface area contributed by atoms with E-state index in [-0.39, 0.29) is 34.9 Å². The smallest absolute Gasteiger partial charge is 0.355 e. The number of halogens is 3. The molecule has 1 fully saturated rings. The predicted molar refractivity (Wildman–Crippen MR) is 128 cm³/mol. The highest BCUT2D eigenvalue weighted by atomic mass is 32.2. The summed E-state index contributed by atoms with van der Waals surface area (Å²) in [6.45, 7) is 4.07. The van der Waals surface area contributed by atoms with Crippen molar-refractivity contribution in [2.45, 2.75) is 44.7 Å². The topological polar surface area (TPSA) is 121 Å². The molecule has 14 heteroatoms. The molecule has 0 radical (unpaired) electrons. The van der Waals surface area contributed by atoms with Crippen LogP contribution in [0.25, 0.3) is 0 Å². The summed E-state index contributed by atoms with van der Waals surface area (Å²) in [6.07, 6.45) is 2.92. The van der Waals surface area contributed by atoms with Crippen molar-refractivity contribution in [3.63, 3.8) is 0 Å². The Morgan fingerprint density at radius 1 is 1.28 bits per heavy atom. The average molecular weight is 539 g/mol. The SMILES string of the molecule is CCc1c(Nc2ncc(C#N)s2)nc(N2CCC[C@H]2c2ccc(C)cc2)nc1OS(=O)(=O)C(F)(F)F. The lowest BCUT2D eigenvalue weighted by atomic mass is 10.0. The van der Waals surface area contributed by atoms with Crippen LogP contribution >= 0.6 is 11.3 Å². The predicted octanol–water partition coefficient (Wildman–Crippen LogP) is 4.99. The fourth-order valence-electron chi connectivity index (χ4n) is 3.85. The van der Waals surface area contributed by atoms with Crippen LogP contribution in [0.2, 0.25) is 0 Å². The molecule has 0 bridgehead atoms. The number of alkyl halides is 3. The fraction of sp³-hybridized carbons (Fsp3) is 0.364. The molecule has 2 aromatic heterocycles. The minimum absolute atomic E-state index is 0.0159. The molecule has 1 aliphatic heterocycles. The van der Waals surface area contributed by atoms with E-state index in [1.165, 1.54) is 6.20 Å². The van der Waals surface area contributed by atoms with Gasteiger partial charge in [-0.25, -0.2) is 4.98 Å². The van der Waals surface area contributed by atoms with Gasteiger partial charge in [0, 0.05) is 6.54 Å². The number of thiazole rings is 1. The summed E-state index contributed by atoms with van der Waals surface area (Å²) in [7, 11) is -5.98. The molecule has 3 heterocycles. The third-order valence-electron chi connectivity index (χ3n) is 5.60.